The number of rotatable bonds is 12. The van der Waals surface area contributed by atoms with Crippen molar-refractivity contribution in [1.29, 1.82) is 5.26 Å². The summed E-state index contributed by atoms with van der Waals surface area (Å²) in [6.45, 7) is 8.08. The van der Waals surface area contributed by atoms with Crippen molar-refractivity contribution in [3.63, 3.8) is 0 Å². The molecule has 240 valence electrons. The summed E-state index contributed by atoms with van der Waals surface area (Å²) in [6.07, 6.45) is 2.94. The number of alkyl halides is 2. The highest BCUT2D eigenvalue weighted by Crippen LogP contribution is 2.38. The van der Waals surface area contributed by atoms with Crippen molar-refractivity contribution >= 4 is 28.7 Å². The fourth-order valence-electron chi connectivity index (χ4n) is 5.83. The van der Waals surface area contributed by atoms with Crippen molar-refractivity contribution in [2.24, 2.45) is 0 Å². The number of carbonyl (C=O) groups is 1. The molecule has 0 bridgehead atoms. The first kappa shape index (κ1) is 32.2. The second kappa shape index (κ2) is 14.3. The van der Waals surface area contributed by atoms with Gasteiger partial charge in [0, 0.05) is 76.3 Å². The molecule has 12 heteroatoms. The summed E-state index contributed by atoms with van der Waals surface area (Å²) in [5.41, 5.74) is 2.63. The Bertz CT molecular complexity index is 1500. The van der Waals surface area contributed by atoms with Crippen LogP contribution in [0.5, 0.6) is 17.2 Å². The Morgan fingerprint density at radius 1 is 1.07 bits per heavy atom. The van der Waals surface area contributed by atoms with Crippen LogP contribution in [-0.2, 0) is 4.79 Å². The molecule has 0 aliphatic carbocycles. The smallest absolute Gasteiger partial charge is 0.250 e. The average Bonchev–Trinajstić information content (AvgIpc) is 3.04. The van der Waals surface area contributed by atoms with Gasteiger partial charge in [0.1, 0.15) is 11.8 Å². The first-order chi connectivity index (χ1) is 21.7. The zero-order chi connectivity index (χ0) is 32.0. The lowest BCUT2D eigenvalue weighted by Gasteiger charge is -2.40. The molecule has 1 amide bonds. The zero-order valence-corrected chi connectivity index (χ0v) is 26.0. The van der Waals surface area contributed by atoms with Gasteiger partial charge in [0.2, 0.25) is 6.41 Å². The molecular weight excluding hydrogens is 582 g/mol. The van der Waals surface area contributed by atoms with E-state index in [1.807, 2.05) is 60.2 Å². The van der Waals surface area contributed by atoms with Crippen LogP contribution in [0, 0.1) is 11.3 Å². The molecule has 3 heterocycles. The van der Waals surface area contributed by atoms with Gasteiger partial charge in [-0.3, -0.25) is 9.78 Å². The van der Waals surface area contributed by atoms with Gasteiger partial charge in [0.05, 0.1) is 42.3 Å². The minimum absolute atomic E-state index is 0.0597. The lowest BCUT2D eigenvalue weighted by Crippen LogP contribution is -2.54. The molecule has 10 nitrogen and oxygen atoms in total. The lowest BCUT2D eigenvalue weighted by molar-refractivity contribution is -0.110. The van der Waals surface area contributed by atoms with Crippen LogP contribution in [0.2, 0.25) is 0 Å². The number of benzene rings is 2. The third kappa shape index (κ3) is 7.72. The minimum atomic E-state index is -2.55. The lowest BCUT2D eigenvalue weighted by atomic mass is 10.1. The third-order valence-corrected chi connectivity index (χ3v) is 8.16. The topological polar surface area (TPSA) is 94.4 Å². The number of fused-ring (bicyclic) bond motifs is 1. The number of methoxy groups -OCH3 is 1. The van der Waals surface area contributed by atoms with E-state index in [1.165, 1.54) is 0 Å². The molecule has 2 fully saturated rings. The van der Waals surface area contributed by atoms with Gasteiger partial charge in [0.25, 0.3) is 5.92 Å². The molecule has 2 aliphatic rings. The number of aromatic nitrogens is 1. The Labute approximate surface area is 262 Å². The number of anilines is 2. The van der Waals surface area contributed by atoms with Gasteiger partial charge in [-0.1, -0.05) is 0 Å². The molecule has 45 heavy (non-hydrogen) atoms. The number of pyridine rings is 1. The Morgan fingerprint density at radius 2 is 1.78 bits per heavy atom. The number of piperidine rings is 1. The van der Waals surface area contributed by atoms with Gasteiger partial charge in [-0.15, -0.1) is 0 Å². The predicted octanol–water partition coefficient (Wildman–Crippen LogP) is 5.10. The fourth-order valence-corrected chi connectivity index (χ4v) is 5.83. The normalized spacial score (nSPS) is 17.2. The van der Waals surface area contributed by atoms with Crippen LogP contribution in [-0.4, -0.2) is 92.9 Å². The van der Waals surface area contributed by atoms with Crippen LogP contribution in [0.15, 0.2) is 42.6 Å². The second-order valence-electron chi connectivity index (χ2n) is 11.6. The van der Waals surface area contributed by atoms with Crippen molar-refractivity contribution in [2.75, 3.05) is 69.4 Å². The zero-order valence-electron chi connectivity index (χ0n) is 26.0. The SMILES string of the molecule is COc1cc2c(N3CCN(N(C=O)c4ccc(OC(C)C)cc4)CC3)c(C#N)cnc2cc1OCCCN1CCC(F)(F)CC1. The van der Waals surface area contributed by atoms with E-state index in [4.69, 9.17) is 14.2 Å². The van der Waals surface area contributed by atoms with Gasteiger partial charge in [-0.05, 0) is 50.6 Å². The molecule has 2 aromatic carbocycles. The van der Waals surface area contributed by atoms with Gasteiger partial charge < -0.3 is 24.0 Å². The largest absolute Gasteiger partial charge is 0.493 e. The van der Waals surface area contributed by atoms with E-state index in [1.54, 1.807) is 18.3 Å². The van der Waals surface area contributed by atoms with Crippen molar-refractivity contribution in [2.45, 2.75) is 45.1 Å². The Kier molecular flexibility index (Phi) is 10.2. The van der Waals surface area contributed by atoms with Gasteiger partial charge >= 0.3 is 0 Å². The number of carbonyl (C=O) groups excluding carboxylic acids is 1. The van der Waals surface area contributed by atoms with Crippen molar-refractivity contribution < 1.29 is 27.8 Å². The van der Waals surface area contributed by atoms with Crippen molar-refractivity contribution in [1.82, 2.24) is 14.9 Å². The number of likely N-dealkylation sites (tertiary alicyclic amines) is 1. The molecule has 1 aromatic heterocycles. The highest BCUT2D eigenvalue weighted by molar-refractivity contribution is 5.96. The number of piperazine rings is 1. The average molecular weight is 623 g/mol. The van der Waals surface area contributed by atoms with Gasteiger partial charge in [-0.2, -0.15) is 5.26 Å². The maximum Gasteiger partial charge on any atom is 0.250 e. The van der Waals surface area contributed by atoms with E-state index >= 15 is 0 Å². The number of nitriles is 1. The molecule has 0 spiro atoms. The van der Waals surface area contributed by atoms with Crippen LogP contribution in [0.25, 0.3) is 10.9 Å². The first-order valence-electron chi connectivity index (χ1n) is 15.4. The van der Waals surface area contributed by atoms with Gasteiger partial charge in [0.15, 0.2) is 11.5 Å². The number of nitrogens with zero attached hydrogens (tertiary/aromatic N) is 6. The van der Waals surface area contributed by atoms with E-state index in [-0.39, 0.29) is 18.9 Å². The molecule has 0 atom stereocenters. The molecule has 3 aromatic rings. The maximum atomic E-state index is 13.4. The van der Waals surface area contributed by atoms with Gasteiger partial charge in [-0.25, -0.2) is 18.8 Å². The molecule has 0 unspecified atom stereocenters. The summed E-state index contributed by atoms with van der Waals surface area (Å²) in [7, 11) is 1.57. The number of hydrazine groups is 1. The summed E-state index contributed by atoms with van der Waals surface area (Å²) in [5.74, 6) is -0.750. The number of halogens is 2. The summed E-state index contributed by atoms with van der Waals surface area (Å²) in [5, 5.41) is 14.3. The van der Waals surface area contributed by atoms with E-state index in [0.29, 0.717) is 81.4 Å². The monoisotopic (exact) mass is 622 g/mol. The van der Waals surface area contributed by atoms with Crippen LogP contribution in [0.4, 0.5) is 20.2 Å². The number of amides is 1. The third-order valence-electron chi connectivity index (χ3n) is 8.16. The summed E-state index contributed by atoms with van der Waals surface area (Å²) < 4.78 is 44.4. The number of hydrogen-bond acceptors (Lipinski definition) is 9. The molecule has 2 saturated heterocycles. The van der Waals surface area contributed by atoms with Crippen LogP contribution in [0.3, 0.4) is 0 Å². The summed E-state index contributed by atoms with van der Waals surface area (Å²) in [4.78, 5) is 20.9. The van der Waals surface area contributed by atoms with E-state index < -0.39 is 5.92 Å². The standard InChI is InChI=1S/C33H40F2N6O4/c1-24(2)45-27-7-5-26(6-8-27)41(23-42)40-16-14-39(15-17-40)32-25(21-36)22-37-29-20-31(30(43-3)19-28(29)32)44-18-4-11-38-12-9-33(34,35)10-13-38/h5-8,19-20,22-24H,4,9-18H2,1-3H3. The highest BCUT2D eigenvalue weighted by atomic mass is 19.3. The molecule has 0 saturated carbocycles. The molecule has 0 N–H and O–H groups in total. The molecular formula is C33H40F2N6O4. The van der Waals surface area contributed by atoms with Crippen LogP contribution in [0.1, 0.15) is 38.7 Å². The summed E-state index contributed by atoms with van der Waals surface area (Å²) in [6, 6.07) is 13.4. The Morgan fingerprint density at radius 3 is 2.40 bits per heavy atom. The summed E-state index contributed by atoms with van der Waals surface area (Å²) >= 11 is 0. The number of ether oxygens (including phenoxy) is 3. The van der Waals surface area contributed by atoms with E-state index in [9.17, 15) is 18.8 Å². The minimum Gasteiger partial charge on any atom is -0.493 e. The molecule has 0 radical (unpaired) electrons. The van der Waals surface area contributed by atoms with E-state index in [2.05, 4.69) is 16.0 Å². The second-order valence-corrected chi connectivity index (χ2v) is 11.6. The Hall–Kier alpha value is -4.21. The van der Waals surface area contributed by atoms with Crippen LogP contribution >= 0.6 is 0 Å². The molecule has 2 aliphatic heterocycles. The van der Waals surface area contributed by atoms with Crippen LogP contribution < -0.4 is 24.1 Å². The fraction of sp³-hybridized carbons (Fsp3) is 0.485. The first-order valence-corrected chi connectivity index (χ1v) is 15.4. The van der Waals surface area contributed by atoms with E-state index in [0.717, 1.165) is 28.9 Å². The van der Waals surface area contributed by atoms with Crippen molar-refractivity contribution in [3.05, 3.63) is 48.2 Å². The molecule has 5 rings (SSSR count). The maximum absolute atomic E-state index is 13.4. The Balaban J connectivity index is 1.26. The highest BCUT2D eigenvalue weighted by Gasteiger charge is 2.33. The quantitative estimate of drug-likeness (QED) is 0.202. The number of hydrogen-bond donors (Lipinski definition) is 0. The predicted molar refractivity (Wildman–Crippen MR) is 168 cm³/mol. The van der Waals surface area contributed by atoms with Crippen molar-refractivity contribution in [3.8, 4) is 23.3 Å².